The lowest BCUT2D eigenvalue weighted by Crippen LogP contribution is -2.08. The summed E-state index contributed by atoms with van der Waals surface area (Å²) in [7, 11) is 4.04. The number of anilines is 1. The van der Waals surface area contributed by atoms with Crippen LogP contribution in [0.5, 0.6) is 11.5 Å². The van der Waals surface area contributed by atoms with Gasteiger partial charge in [0, 0.05) is 25.8 Å². The zero-order valence-corrected chi connectivity index (χ0v) is 12.4. The molecule has 20 heavy (non-hydrogen) atoms. The zero-order valence-electron chi connectivity index (χ0n) is 12.4. The molecule has 0 saturated carbocycles. The Bertz CT molecular complexity index is 579. The molecule has 2 aromatic carbocycles. The van der Waals surface area contributed by atoms with E-state index >= 15 is 0 Å². The van der Waals surface area contributed by atoms with Crippen molar-refractivity contribution in [3.8, 4) is 11.5 Å². The minimum absolute atomic E-state index is 0.623. The van der Waals surface area contributed by atoms with Gasteiger partial charge in [-0.3, -0.25) is 0 Å². The maximum absolute atomic E-state index is 6.03. The molecule has 0 atom stereocenters. The van der Waals surface area contributed by atoms with Crippen LogP contribution in [0.2, 0.25) is 0 Å². The molecule has 0 aliphatic carbocycles. The van der Waals surface area contributed by atoms with Crippen molar-refractivity contribution in [2.45, 2.75) is 13.3 Å². The lowest BCUT2D eigenvalue weighted by molar-refractivity contribution is 0.476. The molecule has 2 rings (SSSR count). The highest BCUT2D eigenvalue weighted by Crippen LogP contribution is 2.28. The monoisotopic (exact) mass is 270 g/mol. The van der Waals surface area contributed by atoms with Crippen molar-refractivity contribution in [3.05, 3.63) is 53.6 Å². The molecule has 0 aliphatic heterocycles. The molecule has 0 aliphatic rings. The number of ether oxygens (including phenoxy) is 1. The summed E-state index contributed by atoms with van der Waals surface area (Å²) in [5.41, 5.74) is 9.18. The van der Waals surface area contributed by atoms with E-state index in [4.69, 9.17) is 10.5 Å². The fraction of sp³-hybridized carbons (Fsp3) is 0.294. The van der Waals surface area contributed by atoms with Crippen LogP contribution in [0.4, 0.5) is 5.69 Å². The molecule has 2 aromatic rings. The fourth-order valence-corrected chi connectivity index (χ4v) is 2.11. The number of nitrogens with zero attached hydrogens (tertiary/aromatic N) is 1. The lowest BCUT2D eigenvalue weighted by atomic mass is 10.1. The van der Waals surface area contributed by atoms with Gasteiger partial charge in [-0.2, -0.15) is 0 Å². The molecule has 106 valence electrons. The normalized spacial score (nSPS) is 10.4. The number of hydrogen-bond acceptors (Lipinski definition) is 3. The maximum Gasteiger partial charge on any atom is 0.130 e. The largest absolute Gasteiger partial charge is 0.457 e. The van der Waals surface area contributed by atoms with Crippen molar-refractivity contribution in [1.29, 1.82) is 0 Å². The third-order valence-corrected chi connectivity index (χ3v) is 3.19. The molecule has 0 aromatic heterocycles. The van der Waals surface area contributed by atoms with Crippen LogP contribution in [-0.2, 0) is 6.42 Å². The van der Waals surface area contributed by atoms with Crippen LogP contribution in [0.1, 0.15) is 11.1 Å². The van der Waals surface area contributed by atoms with Gasteiger partial charge in [-0.25, -0.2) is 0 Å². The van der Waals surface area contributed by atoms with E-state index in [0.717, 1.165) is 29.2 Å². The van der Waals surface area contributed by atoms with Gasteiger partial charge in [0.15, 0.2) is 0 Å². The van der Waals surface area contributed by atoms with Crippen molar-refractivity contribution in [1.82, 2.24) is 0 Å². The predicted octanol–water partition coefficient (Wildman–Crippen LogP) is 3.35. The van der Waals surface area contributed by atoms with Crippen LogP contribution in [-0.4, -0.2) is 20.6 Å². The molecule has 2 N–H and O–H groups in total. The zero-order chi connectivity index (χ0) is 14.5. The first-order chi connectivity index (χ1) is 9.60. The minimum Gasteiger partial charge on any atom is -0.457 e. The Morgan fingerprint density at radius 3 is 2.60 bits per heavy atom. The van der Waals surface area contributed by atoms with Gasteiger partial charge in [0.2, 0.25) is 0 Å². The van der Waals surface area contributed by atoms with Crippen LogP contribution < -0.4 is 15.4 Å². The summed E-state index contributed by atoms with van der Waals surface area (Å²) in [5.74, 6) is 1.73. The van der Waals surface area contributed by atoms with E-state index in [1.807, 2.05) is 38.4 Å². The molecular weight excluding hydrogens is 248 g/mol. The third-order valence-electron chi connectivity index (χ3n) is 3.19. The second kappa shape index (κ2) is 6.44. The topological polar surface area (TPSA) is 38.5 Å². The summed E-state index contributed by atoms with van der Waals surface area (Å²) in [5, 5.41) is 0. The molecule has 3 heteroatoms. The number of rotatable bonds is 5. The Kier molecular flexibility index (Phi) is 4.64. The van der Waals surface area contributed by atoms with Gasteiger partial charge in [-0.1, -0.05) is 23.8 Å². The van der Waals surface area contributed by atoms with Crippen molar-refractivity contribution >= 4 is 5.69 Å². The van der Waals surface area contributed by atoms with Crippen LogP contribution >= 0.6 is 0 Å². The predicted molar refractivity (Wildman–Crippen MR) is 84.8 cm³/mol. The Morgan fingerprint density at radius 1 is 1.10 bits per heavy atom. The lowest BCUT2D eigenvalue weighted by Gasteiger charge is -2.15. The number of aryl methyl sites for hydroxylation is 1. The van der Waals surface area contributed by atoms with Crippen LogP contribution in [0, 0.1) is 6.92 Å². The fourth-order valence-electron chi connectivity index (χ4n) is 2.11. The maximum atomic E-state index is 6.03. The third kappa shape index (κ3) is 3.52. The summed E-state index contributed by atoms with van der Waals surface area (Å²) < 4.78 is 6.03. The van der Waals surface area contributed by atoms with Gasteiger partial charge in [0.1, 0.15) is 11.5 Å². The van der Waals surface area contributed by atoms with E-state index in [2.05, 4.69) is 30.0 Å². The van der Waals surface area contributed by atoms with Crippen molar-refractivity contribution in [2.24, 2.45) is 5.73 Å². The first-order valence-electron chi connectivity index (χ1n) is 6.85. The van der Waals surface area contributed by atoms with E-state index in [1.165, 1.54) is 5.56 Å². The minimum atomic E-state index is 0.623. The van der Waals surface area contributed by atoms with Crippen molar-refractivity contribution in [2.75, 3.05) is 25.5 Å². The average Bonchev–Trinajstić information content (AvgIpc) is 2.42. The first kappa shape index (κ1) is 14.4. The van der Waals surface area contributed by atoms with E-state index in [0.29, 0.717) is 6.54 Å². The molecule has 0 heterocycles. The van der Waals surface area contributed by atoms with Gasteiger partial charge in [0.05, 0.1) is 0 Å². The second-order valence-electron chi connectivity index (χ2n) is 5.14. The Morgan fingerprint density at radius 2 is 1.90 bits per heavy atom. The van der Waals surface area contributed by atoms with Gasteiger partial charge >= 0.3 is 0 Å². The highest BCUT2D eigenvalue weighted by Gasteiger charge is 2.06. The quantitative estimate of drug-likeness (QED) is 0.905. The first-order valence-corrected chi connectivity index (χ1v) is 6.85. The molecule has 0 radical (unpaired) electrons. The summed E-state index contributed by atoms with van der Waals surface area (Å²) >= 11 is 0. The highest BCUT2D eigenvalue weighted by molar-refractivity contribution is 5.51. The highest BCUT2D eigenvalue weighted by atomic mass is 16.5. The van der Waals surface area contributed by atoms with Gasteiger partial charge in [-0.15, -0.1) is 0 Å². The molecule has 0 saturated heterocycles. The molecule has 0 spiro atoms. The van der Waals surface area contributed by atoms with E-state index in [1.54, 1.807) is 0 Å². The van der Waals surface area contributed by atoms with Crippen molar-refractivity contribution < 1.29 is 4.74 Å². The summed E-state index contributed by atoms with van der Waals surface area (Å²) in [6.45, 7) is 2.70. The molecule has 0 bridgehead atoms. The molecule has 0 unspecified atom stereocenters. The average molecular weight is 270 g/mol. The van der Waals surface area contributed by atoms with E-state index in [9.17, 15) is 0 Å². The number of nitrogens with two attached hydrogens (primary N) is 1. The number of benzene rings is 2. The molecule has 3 nitrogen and oxygen atoms in total. The molecule has 0 amide bonds. The Hall–Kier alpha value is -2.00. The molecular formula is C17H22N2O. The van der Waals surface area contributed by atoms with Gasteiger partial charge in [0.25, 0.3) is 0 Å². The van der Waals surface area contributed by atoms with Crippen LogP contribution in [0.3, 0.4) is 0 Å². The van der Waals surface area contributed by atoms with E-state index in [-0.39, 0.29) is 0 Å². The summed E-state index contributed by atoms with van der Waals surface area (Å²) in [6, 6.07) is 14.3. The molecule has 0 fully saturated rings. The van der Waals surface area contributed by atoms with E-state index < -0.39 is 0 Å². The second-order valence-corrected chi connectivity index (χ2v) is 5.14. The van der Waals surface area contributed by atoms with Gasteiger partial charge in [-0.05, 0) is 43.7 Å². The standard InChI is InChI=1S/C17H22N2O/c1-13-7-8-17(14(11-13)9-10-18)20-16-6-4-5-15(12-16)19(2)3/h4-8,11-12H,9-10,18H2,1-3H3. The van der Waals surface area contributed by atoms with Crippen LogP contribution in [0.25, 0.3) is 0 Å². The SMILES string of the molecule is Cc1ccc(Oc2cccc(N(C)C)c2)c(CCN)c1. The summed E-state index contributed by atoms with van der Waals surface area (Å²) in [6.07, 6.45) is 0.824. The van der Waals surface area contributed by atoms with Crippen LogP contribution in [0.15, 0.2) is 42.5 Å². The van der Waals surface area contributed by atoms with Gasteiger partial charge < -0.3 is 15.4 Å². The Labute approximate surface area is 121 Å². The number of hydrogen-bond donors (Lipinski definition) is 1. The smallest absolute Gasteiger partial charge is 0.130 e. The summed E-state index contributed by atoms with van der Waals surface area (Å²) in [4.78, 5) is 2.06. The Balaban J connectivity index is 2.27. The van der Waals surface area contributed by atoms with Crippen molar-refractivity contribution in [3.63, 3.8) is 0 Å².